The maximum atomic E-state index is 12.6. The van der Waals surface area contributed by atoms with Crippen molar-refractivity contribution in [2.24, 2.45) is 0 Å². The van der Waals surface area contributed by atoms with Crippen LogP contribution in [0.1, 0.15) is 30.1 Å². The molecule has 0 unspecified atom stereocenters. The summed E-state index contributed by atoms with van der Waals surface area (Å²) in [6, 6.07) is 26.6. The first kappa shape index (κ1) is 21.2. The zero-order valence-electron chi connectivity index (χ0n) is 18.8. The number of ether oxygens (including phenoxy) is 1. The number of methoxy groups -OCH3 is 1. The standard InChI is InChI=1S/C27H28N4O2/c1-33-25-15-13-24(14-16-25)31-27(32)28-26(29-31)23-8-5-17-30(19-23)18-20-9-11-22(12-10-20)21-6-3-2-4-7-21/h2-4,6-7,9-16,23H,5,8,17-19H2,1H3,(H,28,29,32)/t23-/m0/s1. The van der Waals surface area contributed by atoms with Crippen molar-refractivity contribution >= 4 is 0 Å². The first-order chi connectivity index (χ1) is 16.2. The minimum absolute atomic E-state index is 0.205. The summed E-state index contributed by atoms with van der Waals surface area (Å²) in [7, 11) is 1.63. The molecule has 6 heteroatoms. The average Bonchev–Trinajstić information content (AvgIpc) is 3.27. The van der Waals surface area contributed by atoms with Crippen LogP contribution in [-0.4, -0.2) is 39.9 Å². The number of likely N-dealkylation sites (tertiary alicyclic amines) is 1. The molecule has 1 saturated heterocycles. The number of nitrogens with zero attached hydrogens (tertiary/aromatic N) is 3. The molecule has 0 aliphatic carbocycles. The van der Waals surface area contributed by atoms with Crippen molar-refractivity contribution in [3.8, 4) is 22.6 Å². The lowest BCUT2D eigenvalue weighted by Gasteiger charge is -2.31. The second-order valence-corrected chi connectivity index (χ2v) is 8.56. The molecule has 4 aromatic rings. The maximum Gasteiger partial charge on any atom is 0.348 e. The van der Waals surface area contributed by atoms with Gasteiger partial charge < -0.3 is 4.74 Å². The summed E-state index contributed by atoms with van der Waals surface area (Å²) in [5.74, 6) is 1.73. The Morgan fingerprint density at radius 1 is 0.970 bits per heavy atom. The molecule has 1 N–H and O–H groups in total. The Morgan fingerprint density at radius 2 is 1.70 bits per heavy atom. The summed E-state index contributed by atoms with van der Waals surface area (Å²) in [5.41, 5.74) is 4.29. The molecule has 0 spiro atoms. The molecular formula is C27H28N4O2. The highest BCUT2D eigenvalue weighted by atomic mass is 16.5. The van der Waals surface area contributed by atoms with E-state index >= 15 is 0 Å². The minimum atomic E-state index is -0.205. The molecule has 0 radical (unpaired) electrons. The van der Waals surface area contributed by atoms with Crippen molar-refractivity contribution in [3.05, 3.63) is 101 Å². The van der Waals surface area contributed by atoms with Crippen molar-refractivity contribution in [2.75, 3.05) is 20.2 Å². The zero-order chi connectivity index (χ0) is 22.6. The van der Waals surface area contributed by atoms with Crippen LogP contribution in [0, 0.1) is 0 Å². The van der Waals surface area contributed by atoms with Gasteiger partial charge in [-0.2, -0.15) is 4.68 Å². The van der Waals surface area contributed by atoms with E-state index in [0.29, 0.717) is 0 Å². The Bertz CT molecular complexity index is 1240. The maximum absolute atomic E-state index is 12.6. The molecule has 1 atom stereocenters. The molecule has 0 saturated carbocycles. The molecule has 5 rings (SSSR count). The second-order valence-electron chi connectivity index (χ2n) is 8.56. The van der Waals surface area contributed by atoms with Crippen LogP contribution in [0.15, 0.2) is 83.7 Å². The van der Waals surface area contributed by atoms with Crippen molar-refractivity contribution in [1.82, 2.24) is 19.7 Å². The lowest BCUT2D eigenvalue weighted by molar-refractivity contribution is 0.196. The van der Waals surface area contributed by atoms with Crippen LogP contribution in [0.25, 0.3) is 16.8 Å². The smallest absolute Gasteiger partial charge is 0.348 e. The molecule has 0 amide bonds. The number of aromatic nitrogens is 3. The van der Waals surface area contributed by atoms with Crippen molar-refractivity contribution in [3.63, 3.8) is 0 Å². The predicted molar refractivity (Wildman–Crippen MR) is 130 cm³/mol. The Balaban J connectivity index is 1.27. The molecule has 168 valence electrons. The average molecular weight is 441 g/mol. The quantitative estimate of drug-likeness (QED) is 0.475. The van der Waals surface area contributed by atoms with Gasteiger partial charge in [0.25, 0.3) is 0 Å². The van der Waals surface area contributed by atoms with E-state index in [1.807, 2.05) is 30.3 Å². The molecule has 1 aliphatic rings. The lowest BCUT2D eigenvalue weighted by Crippen LogP contribution is -2.34. The van der Waals surface area contributed by atoms with Crippen molar-refractivity contribution < 1.29 is 4.74 Å². The summed E-state index contributed by atoms with van der Waals surface area (Å²) in [6.07, 6.45) is 2.11. The summed E-state index contributed by atoms with van der Waals surface area (Å²) in [5, 5.41) is 4.63. The van der Waals surface area contributed by atoms with Gasteiger partial charge in [0, 0.05) is 19.0 Å². The van der Waals surface area contributed by atoms with E-state index in [2.05, 4.69) is 63.5 Å². The van der Waals surface area contributed by atoms with Crippen molar-refractivity contribution in [1.29, 1.82) is 0 Å². The number of piperidine rings is 1. The summed E-state index contributed by atoms with van der Waals surface area (Å²) in [6.45, 7) is 2.84. The van der Waals surface area contributed by atoms with E-state index in [1.165, 1.54) is 21.4 Å². The minimum Gasteiger partial charge on any atom is -0.497 e. The van der Waals surface area contributed by atoms with E-state index in [9.17, 15) is 4.79 Å². The van der Waals surface area contributed by atoms with Crippen LogP contribution in [0.2, 0.25) is 0 Å². The highest BCUT2D eigenvalue weighted by Crippen LogP contribution is 2.26. The van der Waals surface area contributed by atoms with Gasteiger partial charge in [-0.1, -0.05) is 54.6 Å². The van der Waals surface area contributed by atoms with Crippen molar-refractivity contribution in [2.45, 2.75) is 25.3 Å². The largest absolute Gasteiger partial charge is 0.497 e. The van der Waals surface area contributed by atoms with Gasteiger partial charge >= 0.3 is 5.69 Å². The first-order valence-corrected chi connectivity index (χ1v) is 11.4. The fraction of sp³-hybridized carbons (Fsp3) is 0.259. The topological polar surface area (TPSA) is 63.1 Å². The first-order valence-electron chi connectivity index (χ1n) is 11.4. The monoisotopic (exact) mass is 440 g/mol. The van der Waals surface area contributed by atoms with Crippen LogP contribution < -0.4 is 10.4 Å². The van der Waals surface area contributed by atoms with E-state index in [4.69, 9.17) is 4.74 Å². The van der Waals surface area contributed by atoms with Gasteiger partial charge in [0.15, 0.2) is 0 Å². The van der Waals surface area contributed by atoms with Crippen LogP contribution in [0.5, 0.6) is 5.75 Å². The molecule has 2 heterocycles. The summed E-state index contributed by atoms with van der Waals surface area (Å²) in [4.78, 5) is 18.0. The molecule has 33 heavy (non-hydrogen) atoms. The molecule has 1 aromatic heterocycles. The Labute approximate surface area is 193 Å². The van der Waals surface area contributed by atoms with Gasteiger partial charge in [-0.05, 0) is 60.3 Å². The molecule has 6 nitrogen and oxygen atoms in total. The van der Waals surface area contributed by atoms with Gasteiger partial charge in [0.2, 0.25) is 0 Å². The van der Waals surface area contributed by atoms with Crippen LogP contribution in [-0.2, 0) is 6.54 Å². The normalized spacial score (nSPS) is 16.6. The molecule has 1 fully saturated rings. The fourth-order valence-corrected chi connectivity index (χ4v) is 4.54. The van der Waals surface area contributed by atoms with Gasteiger partial charge in [-0.15, -0.1) is 5.10 Å². The third-order valence-electron chi connectivity index (χ3n) is 6.31. The molecular weight excluding hydrogens is 412 g/mol. The van der Waals surface area contributed by atoms with Crippen LogP contribution in [0.4, 0.5) is 0 Å². The Kier molecular flexibility index (Phi) is 6.09. The SMILES string of the molecule is COc1ccc(-n2nc([C@H]3CCCN(Cc4ccc(-c5ccccc5)cc4)C3)[nH]c2=O)cc1. The highest BCUT2D eigenvalue weighted by Gasteiger charge is 2.25. The molecule has 3 aromatic carbocycles. The fourth-order valence-electron chi connectivity index (χ4n) is 4.54. The van der Waals surface area contributed by atoms with Crippen LogP contribution >= 0.6 is 0 Å². The van der Waals surface area contributed by atoms with Gasteiger partial charge in [-0.3, -0.25) is 9.88 Å². The highest BCUT2D eigenvalue weighted by molar-refractivity contribution is 5.63. The Morgan fingerprint density at radius 3 is 2.42 bits per heavy atom. The summed E-state index contributed by atoms with van der Waals surface area (Å²) < 4.78 is 6.64. The van der Waals surface area contributed by atoms with Gasteiger partial charge in [0.05, 0.1) is 12.8 Å². The molecule has 0 bridgehead atoms. The number of hydrogen-bond acceptors (Lipinski definition) is 4. The van der Waals surface area contributed by atoms with E-state index < -0.39 is 0 Å². The number of hydrogen-bond donors (Lipinski definition) is 1. The second kappa shape index (κ2) is 9.46. The number of aromatic amines is 1. The molecule has 1 aliphatic heterocycles. The number of rotatable bonds is 6. The van der Waals surface area contributed by atoms with E-state index in [0.717, 1.165) is 49.7 Å². The lowest BCUT2D eigenvalue weighted by atomic mass is 9.96. The third-order valence-corrected chi connectivity index (χ3v) is 6.31. The number of benzene rings is 3. The van der Waals surface area contributed by atoms with E-state index in [1.54, 1.807) is 7.11 Å². The van der Waals surface area contributed by atoms with Gasteiger partial charge in [0.1, 0.15) is 11.6 Å². The third kappa shape index (κ3) is 4.76. The number of H-pyrrole nitrogens is 1. The predicted octanol–water partition coefficient (Wildman–Crippen LogP) is 4.62. The van der Waals surface area contributed by atoms with Gasteiger partial charge in [-0.25, -0.2) is 4.79 Å². The van der Waals surface area contributed by atoms with Crippen LogP contribution in [0.3, 0.4) is 0 Å². The van der Waals surface area contributed by atoms with E-state index in [-0.39, 0.29) is 11.6 Å². The Hall–Kier alpha value is -3.64. The zero-order valence-corrected chi connectivity index (χ0v) is 18.8. The number of nitrogens with one attached hydrogen (secondary N) is 1. The summed E-state index contributed by atoms with van der Waals surface area (Å²) >= 11 is 0.